The minimum Gasteiger partial charge on any atom is -0.325 e. The highest BCUT2D eigenvalue weighted by Gasteiger charge is 2.37. The van der Waals surface area contributed by atoms with E-state index in [0.29, 0.717) is 0 Å². The summed E-state index contributed by atoms with van der Waals surface area (Å²) in [5, 5.41) is 4.38. The van der Waals surface area contributed by atoms with Crippen molar-refractivity contribution in [1.82, 2.24) is 9.61 Å². The van der Waals surface area contributed by atoms with Gasteiger partial charge >= 0.3 is 0 Å². The van der Waals surface area contributed by atoms with Crippen molar-refractivity contribution < 1.29 is 0 Å². The average molecular weight is 215 g/mol. The molecule has 0 saturated heterocycles. The zero-order chi connectivity index (χ0) is 11.2. The minimum atomic E-state index is 0.136. The summed E-state index contributed by atoms with van der Waals surface area (Å²) in [6.45, 7) is 2.13. The lowest BCUT2D eigenvalue weighted by atomic mass is 10.0. The Morgan fingerprint density at radius 3 is 3.06 bits per heavy atom. The highest BCUT2D eigenvalue weighted by atomic mass is 15.2. The molecule has 0 atom stereocenters. The third kappa shape index (κ3) is 1.61. The van der Waals surface area contributed by atoms with Gasteiger partial charge in [-0.15, -0.1) is 0 Å². The fraction of sp³-hybridized carbons (Fsp3) is 0.462. The van der Waals surface area contributed by atoms with E-state index in [-0.39, 0.29) is 5.54 Å². The summed E-state index contributed by atoms with van der Waals surface area (Å²) in [6, 6.07) is 4.17. The third-order valence-electron chi connectivity index (χ3n) is 3.60. The summed E-state index contributed by atoms with van der Waals surface area (Å²) in [4.78, 5) is 0. The quantitative estimate of drug-likeness (QED) is 0.851. The lowest BCUT2D eigenvalue weighted by molar-refractivity contribution is 0.610. The van der Waals surface area contributed by atoms with Crippen LogP contribution in [0.1, 0.15) is 30.4 Å². The van der Waals surface area contributed by atoms with Gasteiger partial charge in [0.05, 0.1) is 11.7 Å². The van der Waals surface area contributed by atoms with Crippen LogP contribution in [0.15, 0.2) is 24.5 Å². The summed E-state index contributed by atoms with van der Waals surface area (Å²) in [5.41, 5.74) is 10.1. The number of rotatable bonds is 3. The number of nitrogens with zero attached hydrogens (tertiary/aromatic N) is 2. The van der Waals surface area contributed by atoms with Crippen molar-refractivity contribution in [2.75, 3.05) is 0 Å². The fourth-order valence-corrected chi connectivity index (χ4v) is 2.27. The van der Waals surface area contributed by atoms with E-state index < -0.39 is 0 Å². The van der Waals surface area contributed by atoms with Gasteiger partial charge < -0.3 is 5.73 Å². The minimum absolute atomic E-state index is 0.136. The van der Waals surface area contributed by atoms with E-state index in [4.69, 9.17) is 5.73 Å². The molecule has 0 aromatic carbocycles. The van der Waals surface area contributed by atoms with Crippen LogP contribution in [0.4, 0.5) is 0 Å². The molecule has 3 rings (SSSR count). The summed E-state index contributed by atoms with van der Waals surface area (Å²) in [6.07, 6.45) is 8.49. The molecule has 0 aliphatic heterocycles. The van der Waals surface area contributed by atoms with Crippen LogP contribution in [0.5, 0.6) is 0 Å². The molecule has 0 amide bonds. The number of nitrogens with two attached hydrogens (primary N) is 1. The molecular formula is C13H17N3. The van der Waals surface area contributed by atoms with Gasteiger partial charge in [0.2, 0.25) is 0 Å². The van der Waals surface area contributed by atoms with Crippen molar-refractivity contribution in [2.24, 2.45) is 5.73 Å². The Bertz CT molecular complexity index is 523. The lowest BCUT2D eigenvalue weighted by Gasteiger charge is -2.07. The van der Waals surface area contributed by atoms with Crippen LogP contribution in [0.25, 0.3) is 5.52 Å². The van der Waals surface area contributed by atoms with Crippen LogP contribution in [0.3, 0.4) is 0 Å². The Morgan fingerprint density at radius 1 is 1.50 bits per heavy atom. The topological polar surface area (TPSA) is 43.3 Å². The molecule has 2 aromatic rings. The summed E-state index contributed by atoms with van der Waals surface area (Å²) < 4.78 is 1.96. The molecule has 2 heterocycles. The monoisotopic (exact) mass is 215 g/mol. The first-order valence-electron chi connectivity index (χ1n) is 5.89. The summed E-state index contributed by atoms with van der Waals surface area (Å²) in [5.74, 6) is 0. The molecule has 0 spiro atoms. The van der Waals surface area contributed by atoms with Crippen molar-refractivity contribution in [3.8, 4) is 0 Å². The van der Waals surface area contributed by atoms with Crippen molar-refractivity contribution >= 4 is 5.52 Å². The molecule has 3 heteroatoms. The molecule has 1 saturated carbocycles. The molecular weight excluding hydrogens is 198 g/mol. The van der Waals surface area contributed by atoms with Crippen LogP contribution in [0.2, 0.25) is 0 Å². The Hall–Kier alpha value is -1.35. The van der Waals surface area contributed by atoms with Crippen LogP contribution in [-0.4, -0.2) is 15.2 Å². The molecule has 2 aromatic heterocycles. The van der Waals surface area contributed by atoms with Gasteiger partial charge in [-0.2, -0.15) is 5.10 Å². The smallest absolute Gasteiger partial charge is 0.0722 e. The molecule has 0 bridgehead atoms. The summed E-state index contributed by atoms with van der Waals surface area (Å²) in [7, 11) is 0. The molecule has 2 N–H and O–H groups in total. The maximum Gasteiger partial charge on any atom is 0.0722 e. The van der Waals surface area contributed by atoms with E-state index in [1.54, 1.807) is 0 Å². The third-order valence-corrected chi connectivity index (χ3v) is 3.60. The predicted molar refractivity (Wildman–Crippen MR) is 64.4 cm³/mol. The fourth-order valence-electron chi connectivity index (χ4n) is 2.27. The molecule has 84 valence electrons. The average Bonchev–Trinajstić information content (AvgIpc) is 2.86. The van der Waals surface area contributed by atoms with E-state index in [1.807, 2.05) is 23.0 Å². The number of fused-ring (bicyclic) bond motifs is 1. The zero-order valence-corrected chi connectivity index (χ0v) is 9.61. The Balaban J connectivity index is 1.91. The Kier molecular flexibility index (Phi) is 2.04. The normalized spacial score (nSPS) is 17.9. The van der Waals surface area contributed by atoms with Crippen molar-refractivity contribution in [1.29, 1.82) is 0 Å². The van der Waals surface area contributed by atoms with Crippen LogP contribution in [0, 0.1) is 6.92 Å². The van der Waals surface area contributed by atoms with Gasteiger partial charge in [0, 0.05) is 11.7 Å². The number of aromatic nitrogens is 2. The summed E-state index contributed by atoms with van der Waals surface area (Å²) >= 11 is 0. The van der Waals surface area contributed by atoms with E-state index in [9.17, 15) is 0 Å². The first-order valence-corrected chi connectivity index (χ1v) is 5.89. The van der Waals surface area contributed by atoms with Crippen LogP contribution >= 0.6 is 0 Å². The van der Waals surface area contributed by atoms with Gasteiger partial charge in [-0.3, -0.25) is 0 Å². The van der Waals surface area contributed by atoms with Crippen molar-refractivity contribution in [2.45, 2.75) is 38.1 Å². The first-order chi connectivity index (χ1) is 7.68. The number of hydrogen-bond donors (Lipinski definition) is 1. The van der Waals surface area contributed by atoms with Gasteiger partial charge in [0.15, 0.2) is 0 Å². The molecule has 1 fully saturated rings. The Morgan fingerprint density at radius 2 is 2.31 bits per heavy atom. The second-order valence-corrected chi connectivity index (χ2v) is 5.02. The van der Waals surface area contributed by atoms with Crippen LogP contribution in [-0.2, 0) is 6.42 Å². The van der Waals surface area contributed by atoms with Crippen molar-refractivity contribution in [3.05, 3.63) is 35.7 Å². The second kappa shape index (κ2) is 3.32. The van der Waals surface area contributed by atoms with Crippen molar-refractivity contribution in [3.63, 3.8) is 0 Å². The zero-order valence-electron chi connectivity index (χ0n) is 9.61. The highest BCUT2D eigenvalue weighted by Crippen LogP contribution is 2.36. The van der Waals surface area contributed by atoms with Gasteiger partial charge in [0.25, 0.3) is 0 Å². The first kappa shape index (κ1) is 9.85. The van der Waals surface area contributed by atoms with Gasteiger partial charge in [-0.25, -0.2) is 4.52 Å². The van der Waals surface area contributed by atoms with Gasteiger partial charge in [0.1, 0.15) is 0 Å². The van der Waals surface area contributed by atoms with E-state index >= 15 is 0 Å². The maximum absolute atomic E-state index is 6.12. The van der Waals surface area contributed by atoms with Crippen LogP contribution < -0.4 is 5.73 Å². The standard InChI is InChI=1S/C13H17N3/c1-10-3-2-8-16-12(10)11(9-15-16)4-5-13(14)6-7-13/h2-3,8-9H,4-7,14H2,1H3. The second-order valence-electron chi connectivity index (χ2n) is 5.02. The largest absolute Gasteiger partial charge is 0.325 e. The SMILES string of the molecule is Cc1cccn2ncc(CCC3(N)CC3)c12. The number of aryl methyl sites for hydroxylation is 2. The highest BCUT2D eigenvalue weighted by molar-refractivity contribution is 5.59. The number of hydrogen-bond acceptors (Lipinski definition) is 2. The van der Waals surface area contributed by atoms with E-state index in [0.717, 1.165) is 12.8 Å². The lowest BCUT2D eigenvalue weighted by Crippen LogP contribution is -2.22. The molecule has 0 unspecified atom stereocenters. The molecule has 1 aliphatic carbocycles. The molecule has 16 heavy (non-hydrogen) atoms. The predicted octanol–water partition coefficient (Wildman–Crippen LogP) is 2.07. The molecule has 3 nitrogen and oxygen atoms in total. The molecule has 1 aliphatic rings. The van der Waals surface area contributed by atoms with Gasteiger partial charge in [-0.05, 0) is 49.8 Å². The maximum atomic E-state index is 6.12. The van der Waals surface area contributed by atoms with E-state index in [1.165, 1.54) is 29.5 Å². The van der Waals surface area contributed by atoms with Gasteiger partial charge in [-0.1, -0.05) is 6.07 Å². The van der Waals surface area contributed by atoms with E-state index in [2.05, 4.69) is 18.1 Å². The number of pyridine rings is 1. The Labute approximate surface area is 95.3 Å². The molecule has 0 radical (unpaired) electrons.